The average Bonchev–Trinajstić information content (AvgIpc) is 2.67. The fourth-order valence-corrected chi connectivity index (χ4v) is 3.18. The molecule has 1 atom stereocenters. The summed E-state index contributed by atoms with van der Waals surface area (Å²) in [6, 6.07) is 5.69. The fourth-order valence-electron chi connectivity index (χ4n) is 2.30. The number of carbonyl (C=O) groups is 1. The van der Waals surface area contributed by atoms with Gasteiger partial charge in [0.25, 0.3) is 0 Å². The smallest absolute Gasteiger partial charge is 0.227 e. The quantitative estimate of drug-likeness (QED) is 0.868. The summed E-state index contributed by atoms with van der Waals surface area (Å²) in [6.45, 7) is 0.105. The Bertz CT molecular complexity index is 696. The van der Waals surface area contributed by atoms with Gasteiger partial charge in [-0.2, -0.15) is 5.26 Å². The van der Waals surface area contributed by atoms with Crippen LogP contribution < -0.4 is 10.0 Å². The van der Waals surface area contributed by atoms with E-state index >= 15 is 0 Å². The van der Waals surface area contributed by atoms with Gasteiger partial charge >= 0.3 is 0 Å². The summed E-state index contributed by atoms with van der Waals surface area (Å²) in [4.78, 5) is 13.1. The topological polar surface area (TPSA) is 104 Å². The summed E-state index contributed by atoms with van der Waals surface area (Å²) in [6.07, 6.45) is 0.0117. The Morgan fingerprint density at radius 3 is 2.80 bits per heavy atom. The Hall–Kier alpha value is -1.98. The van der Waals surface area contributed by atoms with Crippen LogP contribution in [0.3, 0.4) is 0 Å². The lowest BCUT2D eigenvalue weighted by Crippen LogP contribution is -2.28. The van der Waals surface area contributed by atoms with Crippen LogP contribution in [0.4, 0.5) is 10.1 Å². The standard InChI is InChI=1S/C12H12FN3O3S/c13-10-2-1-3-11(9(10)5-14)16-6-8(4-12(16)17)7-20(15,18)19/h1-3,8H,4,6-7H2,(H2,15,18,19). The lowest BCUT2D eigenvalue weighted by atomic mass is 10.1. The van der Waals surface area contributed by atoms with Crippen LogP contribution in [0.5, 0.6) is 0 Å². The van der Waals surface area contributed by atoms with Crippen LogP contribution in [-0.4, -0.2) is 26.6 Å². The third-order valence-electron chi connectivity index (χ3n) is 3.07. The number of nitrogens with zero attached hydrogens (tertiary/aromatic N) is 2. The molecule has 1 aromatic rings. The summed E-state index contributed by atoms with van der Waals surface area (Å²) in [5, 5.41) is 13.9. The molecule has 1 amide bonds. The Morgan fingerprint density at radius 1 is 1.50 bits per heavy atom. The molecular formula is C12H12FN3O3S. The molecule has 1 aromatic carbocycles. The van der Waals surface area contributed by atoms with Gasteiger partial charge in [0.1, 0.15) is 17.4 Å². The molecule has 1 fully saturated rings. The van der Waals surface area contributed by atoms with Crippen molar-refractivity contribution in [3.63, 3.8) is 0 Å². The second-order valence-corrected chi connectivity index (χ2v) is 6.31. The minimum atomic E-state index is -3.68. The number of nitrogens with two attached hydrogens (primary N) is 1. The Labute approximate surface area is 115 Å². The normalized spacial score (nSPS) is 19.1. The molecule has 1 aliphatic heterocycles. The summed E-state index contributed by atoms with van der Waals surface area (Å²) >= 11 is 0. The monoisotopic (exact) mass is 297 g/mol. The highest BCUT2D eigenvalue weighted by Crippen LogP contribution is 2.29. The van der Waals surface area contributed by atoms with Gasteiger partial charge in [0.15, 0.2) is 0 Å². The van der Waals surface area contributed by atoms with Crippen molar-refractivity contribution in [2.45, 2.75) is 6.42 Å². The van der Waals surface area contributed by atoms with Crippen LogP contribution in [0.1, 0.15) is 12.0 Å². The van der Waals surface area contributed by atoms with Crippen LogP contribution in [0.15, 0.2) is 18.2 Å². The lowest BCUT2D eigenvalue weighted by molar-refractivity contribution is -0.117. The molecule has 1 aliphatic rings. The van der Waals surface area contributed by atoms with E-state index in [2.05, 4.69) is 0 Å². The molecule has 0 bridgehead atoms. The van der Waals surface area contributed by atoms with Gasteiger partial charge in [0, 0.05) is 18.9 Å². The van der Waals surface area contributed by atoms with Crippen LogP contribution in [0, 0.1) is 23.1 Å². The van der Waals surface area contributed by atoms with Gasteiger partial charge in [-0.25, -0.2) is 17.9 Å². The molecule has 6 nitrogen and oxygen atoms in total. The van der Waals surface area contributed by atoms with E-state index in [1.807, 2.05) is 0 Å². The van der Waals surface area contributed by atoms with Gasteiger partial charge in [0.05, 0.1) is 11.4 Å². The molecule has 0 spiro atoms. The number of carbonyl (C=O) groups excluding carboxylic acids is 1. The van der Waals surface area contributed by atoms with E-state index in [0.717, 1.165) is 6.07 Å². The Morgan fingerprint density at radius 2 is 2.20 bits per heavy atom. The van der Waals surface area contributed by atoms with Crippen molar-refractivity contribution in [3.8, 4) is 6.07 Å². The second-order valence-electron chi connectivity index (χ2n) is 4.65. The molecule has 0 saturated carbocycles. The zero-order chi connectivity index (χ0) is 14.9. The number of halogens is 1. The molecule has 1 unspecified atom stereocenters. The van der Waals surface area contributed by atoms with Crippen LogP contribution in [0.2, 0.25) is 0 Å². The second kappa shape index (κ2) is 5.19. The number of primary sulfonamides is 1. The molecule has 106 valence electrons. The van der Waals surface area contributed by atoms with Crippen LogP contribution in [0.25, 0.3) is 0 Å². The molecule has 0 radical (unpaired) electrons. The van der Waals surface area contributed by atoms with Gasteiger partial charge in [-0.05, 0) is 12.1 Å². The maximum absolute atomic E-state index is 13.5. The van der Waals surface area contributed by atoms with Crippen molar-refractivity contribution in [1.29, 1.82) is 5.26 Å². The molecule has 1 heterocycles. The maximum atomic E-state index is 13.5. The highest BCUT2D eigenvalue weighted by Gasteiger charge is 2.34. The van der Waals surface area contributed by atoms with Crippen molar-refractivity contribution in [3.05, 3.63) is 29.6 Å². The summed E-state index contributed by atoms with van der Waals surface area (Å²) in [5.41, 5.74) is -0.0634. The van der Waals surface area contributed by atoms with Crippen LogP contribution >= 0.6 is 0 Å². The van der Waals surface area contributed by atoms with Gasteiger partial charge in [0.2, 0.25) is 15.9 Å². The number of hydrogen-bond donors (Lipinski definition) is 1. The summed E-state index contributed by atoms with van der Waals surface area (Å²) in [7, 11) is -3.68. The first kappa shape index (κ1) is 14.4. The number of benzene rings is 1. The zero-order valence-electron chi connectivity index (χ0n) is 10.4. The van der Waals surface area contributed by atoms with E-state index in [1.54, 1.807) is 6.07 Å². The number of amides is 1. The van der Waals surface area contributed by atoms with E-state index in [-0.39, 0.29) is 35.9 Å². The minimum Gasteiger partial charge on any atom is -0.311 e. The Kier molecular flexibility index (Phi) is 3.74. The fraction of sp³-hybridized carbons (Fsp3) is 0.333. The Balaban J connectivity index is 2.30. The molecule has 1 saturated heterocycles. The molecule has 20 heavy (non-hydrogen) atoms. The van der Waals surface area contributed by atoms with Crippen molar-refractivity contribution in [1.82, 2.24) is 0 Å². The van der Waals surface area contributed by atoms with E-state index in [4.69, 9.17) is 10.4 Å². The van der Waals surface area contributed by atoms with Gasteiger partial charge in [-0.3, -0.25) is 4.79 Å². The maximum Gasteiger partial charge on any atom is 0.227 e. The number of anilines is 1. The predicted molar refractivity (Wildman–Crippen MR) is 69.5 cm³/mol. The first-order valence-corrected chi connectivity index (χ1v) is 7.53. The molecule has 2 rings (SSSR count). The van der Waals surface area contributed by atoms with Gasteiger partial charge in [-0.15, -0.1) is 0 Å². The van der Waals surface area contributed by atoms with Gasteiger partial charge < -0.3 is 4.90 Å². The SMILES string of the molecule is N#Cc1c(F)cccc1N1CC(CS(N)(=O)=O)CC1=O. The summed E-state index contributed by atoms with van der Waals surface area (Å²) in [5.74, 6) is -1.83. The van der Waals surface area contributed by atoms with E-state index in [0.29, 0.717) is 0 Å². The molecule has 0 aromatic heterocycles. The number of hydrogen-bond acceptors (Lipinski definition) is 4. The van der Waals surface area contributed by atoms with Crippen molar-refractivity contribution in [2.75, 3.05) is 17.2 Å². The van der Waals surface area contributed by atoms with Crippen molar-refractivity contribution < 1.29 is 17.6 Å². The summed E-state index contributed by atoms with van der Waals surface area (Å²) < 4.78 is 35.6. The highest BCUT2D eigenvalue weighted by molar-refractivity contribution is 7.89. The lowest BCUT2D eigenvalue weighted by Gasteiger charge is -2.18. The third kappa shape index (κ3) is 2.95. The third-order valence-corrected chi connectivity index (χ3v) is 4.00. The predicted octanol–water partition coefficient (Wildman–Crippen LogP) is 0.339. The molecule has 0 aliphatic carbocycles. The highest BCUT2D eigenvalue weighted by atomic mass is 32.2. The average molecular weight is 297 g/mol. The van der Waals surface area contributed by atoms with E-state index in [1.165, 1.54) is 17.0 Å². The van der Waals surface area contributed by atoms with Crippen molar-refractivity contribution >= 4 is 21.6 Å². The number of rotatable bonds is 3. The number of nitriles is 1. The van der Waals surface area contributed by atoms with E-state index in [9.17, 15) is 17.6 Å². The first-order chi connectivity index (χ1) is 9.31. The van der Waals surface area contributed by atoms with Crippen LogP contribution in [-0.2, 0) is 14.8 Å². The largest absolute Gasteiger partial charge is 0.311 e. The molecule has 2 N–H and O–H groups in total. The molecular weight excluding hydrogens is 285 g/mol. The van der Waals surface area contributed by atoms with Gasteiger partial charge in [-0.1, -0.05) is 6.07 Å². The first-order valence-electron chi connectivity index (χ1n) is 5.81. The van der Waals surface area contributed by atoms with Crippen molar-refractivity contribution in [2.24, 2.45) is 11.1 Å². The number of sulfonamides is 1. The minimum absolute atomic E-state index is 0.0117. The van der Waals surface area contributed by atoms with E-state index < -0.39 is 21.8 Å². The molecule has 8 heteroatoms. The zero-order valence-corrected chi connectivity index (χ0v) is 11.2.